The van der Waals surface area contributed by atoms with E-state index in [0.717, 1.165) is 0 Å². The van der Waals surface area contributed by atoms with Crippen molar-refractivity contribution in [3.8, 4) is 0 Å². The molecule has 2 atom stereocenters. The second-order valence-electron chi connectivity index (χ2n) is 3.23. The van der Waals surface area contributed by atoms with E-state index < -0.39 is 0 Å². The first-order valence-electron chi connectivity index (χ1n) is 3.66. The van der Waals surface area contributed by atoms with Gasteiger partial charge in [0.05, 0.1) is 0 Å². The Bertz CT molecular complexity index is 101. The molecule has 0 aromatic rings. The number of alkyl halides is 1. The minimum absolute atomic E-state index is 0.343. The molecule has 0 nitrogen and oxygen atoms in total. The smallest absolute Gasteiger partial charge is 0.0373 e. The van der Waals surface area contributed by atoms with Crippen LogP contribution in [0.3, 0.4) is 0 Å². The van der Waals surface area contributed by atoms with Gasteiger partial charge in [-0.15, -0.1) is 11.6 Å². The molecule has 1 aliphatic rings. The van der Waals surface area contributed by atoms with Crippen molar-refractivity contribution in [1.29, 1.82) is 0 Å². The number of hydrogen-bond donors (Lipinski definition) is 0. The summed E-state index contributed by atoms with van der Waals surface area (Å²) in [6.45, 7) is 4.51. The molecule has 0 aliphatic heterocycles. The third-order valence-corrected chi connectivity index (χ3v) is 2.73. The SMILES string of the molecule is CCC1(C)[CH]C(Cl)CC1. The van der Waals surface area contributed by atoms with E-state index in [1.165, 1.54) is 19.3 Å². The van der Waals surface area contributed by atoms with Crippen LogP contribution in [0.1, 0.15) is 33.1 Å². The minimum Gasteiger partial charge on any atom is -0.123 e. The van der Waals surface area contributed by atoms with Gasteiger partial charge in [0.15, 0.2) is 0 Å². The zero-order chi connectivity index (χ0) is 6.91. The summed E-state index contributed by atoms with van der Waals surface area (Å²) in [6.07, 6.45) is 5.97. The lowest BCUT2D eigenvalue weighted by Crippen LogP contribution is -2.10. The molecule has 9 heavy (non-hydrogen) atoms. The van der Waals surface area contributed by atoms with E-state index >= 15 is 0 Å². The van der Waals surface area contributed by atoms with Crippen molar-refractivity contribution in [2.24, 2.45) is 5.41 Å². The lowest BCUT2D eigenvalue weighted by atomic mass is 9.86. The van der Waals surface area contributed by atoms with Gasteiger partial charge in [0.2, 0.25) is 0 Å². The third-order valence-electron chi connectivity index (χ3n) is 2.38. The van der Waals surface area contributed by atoms with Crippen LogP contribution in [0.25, 0.3) is 0 Å². The van der Waals surface area contributed by atoms with Crippen molar-refractivity contribution in [3.05, 3.63) is 6.42 Å². The van der Waals surface area contributed by atoms with E-state index in [1.54, 1.807) is 0 Å². The molecule has 0 spiro atoms. The molecule has 0 aromatic carbocycles. The van der Waals surface area contributed by atoms with Crippen LogP contribution in [-0.4, -0.2) is 5.38 Å². The quantitative estimate of drug-likeness (QED) is 0.498. The van der Waals surface area contributed by atoms with Crippen LogP contribution >= 0.6 is 11.6 Å². The number of rotatable bonds is 1. The van der Waals surface area contributed by atoms with Gasteiger partial charge in [-0.2, -0.15) is 0 Å². The fourth-order valence-electron chi connectivity index (χ4n) is 1.37. The van der Waals surface area contributed by atoms with Gasteiger partial charge >= 0.3 is 0 Å². The molecule has 1 radical (unpaired) electrons. The Balaban J connectivity index is 2.45. The molecule has 0 saturated heterocycles. The number of hydrogen-bond acceptors (Lipinski definition) is 0. The Labute approximate surface area is 62.6 Å². The predicted molar refractivity (Wildman–Crippen MR) is 41.6 cm³/mol. The van der Waals surface area contributed by atoms with E-state index in [0.29, 0.717) is 10.8 Å². The Morgan fingerprint density at radius 2 is 2.44 bits per heavy atom. The predicted octanol–water partition coefficient (Wildman–Crippen LogP) is 3.01. The van der Waals surface area contributed by atoms with Crippen molar-refractivity contribution >= 4 is 11.6 Å². The molecule has 2 unspecified atom stereocenters. The normalized spacial score (nSPS) is 43.7. The maximum absolute atomic E-state index is 5.92. The van der Waals surface area contributed by atoms with Gasteiger partial charge < -0.3 is 0 Å². The van der Waals surface area contributed by atoms with E-state index in [2.05, 4.69) is 20.3 Å². The second-order valence-corrected chi connectivity index (χ2v) is 3.79. The van der Waals surface area contributed by atoms with E-state index in [1.807, 2.05) is 0 Å². The van der Waals surface area contributed by atoms with Crippen molar-refractivity contribution in [1.82, 2.24) is 0 Å². The average Bonchev–Trinajstić information content (AvgIpc) is 2.13. The van der Waals surface area contributed by atoms with E-state index in [-0.39, 0.29) is 0 Å². The maximum Gasteiger partial charge on any atom is 0.0373 e. The average molecular weight is 146 g/mol. The molecule has 0 amide bonds. The van der Waals surface area contributed by atoms with Gasteiger partial charge in [-0.05, 0) is 24.7 Å². The Kier molecular flexibility index (Phi) is 2.05. The molecule has 0 N–H and O–H groups in total. The molecule has 0 heterocycles. The van der Waals surface area contributed by atoms with Crippen molar-refractivity contribution in [2.45, 2.75) is 38.5 Å². The molecule has 53 valence electrons. The zero-order valence-electron chi connectivity index (χ0n) is 6.15. The van der Waals surface area contributed by atoms with Crippen LogP contribution in [0.4, 0.5) is 0 Å². The topological polar surface area (TPSA) is 0 Å². The van der Waals surface area contributed by atoms with Crippen molar-refractivity contribution in [3.63, 3.8) is 0 Å². The molecule has 1 rings (SSSR count). The summed E-state index contributed by atoms with van der Waals surface area (Å²) in [5.41, 5.74) is 0.451. The Morgan fingerprint density at radius 3 is 2.67 bits per heavy atom. The van der Waals surface area contributed by atoms with Gasteiger partial charge in [0, 0.05) is 5.38 Å². The fourth-order valence-corrected chi connectivity index (χ4v) is 1.78. The Hall–Kier alpha value is 0.290. The number of halogens is 1. The third kappa shape index (κ3) is 1.61. The van der Waals surface area contributed by atoms with Gasteiger partial charge in [-0.25, -0.2) is 0 Å². The van der Waals surface area contributed by atoms with E-state index in [4.69, 9.17) is 11.6 Å². The molecule has 1 fully saturated rings. The van der Waals surface area contributed by atoms with Crippen LogP contribution in [0, 0.1) is 11.8 Å². The summed E-state index contributed by atoms with van der Waals surface area (Å²) < 4.78 is 0. The Morgan fingerprint density at radius 1 is 1.78 bits per heavy atom. The highest BCUT2D eigenvalue weighted by molar-refractivity contribution is 6.21. The van der Waals surface area contributed by atoms with Crippen molar-refractivity contribution in [2.75, 3.05) is 0 Å². The largest absolute Gasteiger partial charge is 0.123 e. The first-order chi connectivity index (χ1) is 4.16. The van der Waals surface area contributed by atoms with Crippen LogP contribution in [-0.2, 0) is 0 Å². The summed E-state index contributed by atoms with van der Waals surface area (Å²) >= 11 is 5.92. The highest BCUT2D eigenvalue weighted by atomic mass is 35.5. The highest BCUT2D eigenvalue weighted by Gasteiger charge is 2.32. The molecule has 1 saturated carbocycles. The summed E-state index contributed by atoms with van der Waals surface area (Å²) in [5, 5.41) is 0.343. The summed E-state index contributed by atoms with van der Waals surface area (Å²) in [4.78, 5) is 0. The molecule has 0 bridgehead atoms. The summed E-state index contributed by atoms with van der Waals surface area (Å²) in [6, 6.07) is 0. The zero-order valence-corrected chi connectivity index (χ0v) is 6.91. The van der Waals surface area contributed by atoms with Crippen LogP contribution in [0.5, 0.6) is 0 Å². The van der Waals surface area contributed by atoms with Crippen LogP contribution in [0.2, 0.25) is 0 Å². The molecule has 1 aliphatic carbocycles. The second kappa shape index (κ2) is 2.49. The first kappa shape index (κ1) is 7.40. The maximum atomic E-state index is 5.92. The summed E-state index contributed by atoms with van der Waals surface area (Å²) in [7, 11) is 0. The van der Waals surface area contributed by atoms with Gasteiger partial charge in [0.25, 0.3) is 0 Å². The molecule has 0 aromatic heterocycles. The van der Waals surface area contributed by atoms with Crippen molar-refractivity contribution < 1.29 is 0 Å². The standard InChI is InChI=1S/C8H14Cl/c1-3-8(2)5-4-7(9)6-8/h6-7H,3-5H2,1-2H3. The van der Waals surface area contributed by atoms with Gasteiger partial charge in [-0.1, -0.05) is 20.3 Å². The lowest BCUT2D eigenvalue weighted by molar-refractivity contribution is 0.390. The highest BCUT2D eigenvalue weighted by Crippen LogP contribution is 2.41. The monoisotopic (exact) mass is 145 g/mol. The lowest BCUT2D eigenvalue weighted by Gasteiger charge is -2.19. The van der Waals surface area contributed by atoms with Crippen LogP contribution in [0.15, 0.2) is 0 Å². The van der Waals surface area contributed by atoms with E-state index in [9.17, 15) is 0 Å². The molecular weight excluding hydrogens is 132 g/mol. The fraction of sp³-hybridized carbons (Fsp3) is 0.875. The summed E-state index contributed by atoms with van der Waals surface area (Å²) in [5.74, 6) is 0. The molecular formula is C8H14Cl. The molecule has 1 heteroatoms. The van der Waals surface area contributed by atoms with Crippen LogP contribution < -0.4 is 0 Å². The van der Waals surface area contributed by atoms with Gasteiger partial charge in [0.1, 0.15) is 0 Å². The minimum atomic E-state index is 0.343. The van der Waals surface area contributed by atoms with Gasteiger partial charge in [-0.3, -0.25) is 0 Å². The first-order valence-corrected chi connectivity index (χ1v) is 4.10.